The second-order valence-corrected chi connectivity index (χ2v) is 8.81. The normalized spacial score (nSPS) is 14.1. The van der Waals surface area contributed by atoms with E-state index in [9.17, 15) is 14.9 Å². The minimum atomic E-state index is -0.470. The highest BCUT2D eigenvalue weighted by molar-refractivity contribution is 9.10. The summed E-state index contributed by atoms with van der Waals surface area (Å²) < 4.78 is 12.1. The second-order valence-electron chi connectivity index (χ2n) is 7.95. The van der Waals surface area contributed by atoms with E-state index in [1.807, 2.05) is 43.3 Å². The van der Waals surface area contributed by atoms with Gasteiger partial charge < -0.3 is 14.8 Å². The minimum Gasteiger partial charge on any atom is -0.493 e. The molecule has 0 aliphatic carbocycles. The molecule has 1 aliphatic rings. The minimum absolute atomic E-state index is 0.169. The van der Waals surface area contributed by atoms with E-state index in [2.05, 4.69) is 27.3 Å². The molecule has 3 amide bonds. The van der Waals surface area contributed by atoms with Crippen molar-refractivity contribution < 1.29 is 19.1 Å². The highest BCUT2D eigenvalue weighted by Crippen LogP contribution is 2.35. The second kappa shape index (κ2) is 10.5. The molecule has 0 aromatic heterocycles. The Labute approximate surface area is 211 Å². The van der Waals surface area contributed by atoms with Crippen LogP contribution in [0.15, 0.2) is 70.8 Å². The number of halogens is 1. The number of carbonyl (C=O) groups is 2. The Hall–Kier alpha value is -4.09. The molecular formula is C27H22BrN3O4. The maximum absolute atomic E-state index is 12.9. The molecule has 7 nitrogen and oxygen atoms in total. The Morgan fingerprint density at radius 1 is 1.09 bits per heavy atom. The number of hydrogen-bond acceptors (Lipinski definition) is 5. The molecule has 0 saturated carbocycles. The molecule has 0 unspecified atom stereocenters. The average molecular weight is 532 g/mol. The number of urea groups is 1. The Morgan fingerprint density at radius 3 is 2.63 bits per heavy atom. The number of ether oxygens (including phenoxy) is 2. The van der Waals surface area contributed by atoms with Crippen LogP contribution in [0.4, 0.5) is 4.79 Å². The molecule has 0 bridgehead atoms. The fourth-order valence-corrected chi connectivity index (χ4v) is 4.15. The average Bonchev–Trinajstić information content (AvgIpc) is 3.11. The van der Waals surface area contributed by atoms with Crippen LogP contribution in [-0.4, -0.2) is 23.9 Å². The number of rotatable bonds is 7. The van der Waals surface area contributed by atoms with Crippen molar-refractivity contribution in [2.45, 2.75) is 20.1 Å². The van der Waals surface area contributed by atoms with Crippen LogP contribution >= 0.6 is 15.9 Å². The van der Waals surface area contributed by atoms with Crippen LogP contribution in [0.2, 0.25) is 0 Å². The maximum Gasteiger partial charge on any atom is 0.329 e. The molecule has 0 spiro atoms. The number of hydrogen-bond donors (Lipinski definition) is 1. The Kier molecular flexibility index (Phi) is 7.18. The third-order valence-electron chi connectivity index (χ3n) is 5.49. The largest absolute Gasteiger partial charge is 0.493 e. The third kappa shape index (κ3) is 5.36. The van der Waals surface area contributed by atoms with Crippen molar-refractivity contribution >= 4 is 33.9 Å². The van der Waals surface area contributed by atoms with Crippen molar-refractivity contribution in [3.05, 3.63) is 98.7 Å². The lowest BCUT2D eigenvalue weighted by molar-refractivity contribution is -0.123. The standard InChI is InChI=1S/C27H22BrN3O4/c1-17-6-5-7-18(10-17)15-31-26(32)23(30-27(31)33)11-21-12-24(34-2)25(13-22(21)28)35-16-20-9-4-3-8-19(20)14-29/h3-13H,15-16H2,1-2H3,(H,30,33)/b23-11+. The van der Waals surface area contributed by atoms with Crippen LogP contribution < -0.4 is 14.8 Å². The number of amides is 3. The Morgan fingerprint density at radius 2 is 1.89 bits per heavy atom. The van der Waals surface area contributed by atoms with Gasteiger partial charge in [0.15, 0.2) is 11.5 Å². The first-order chi connectivity index (χ1) is 16.9. The molecular weight excluding hydrogens is 510 g/mol. The van der Waals surface area contributed by atoms with E-state index in [4.69, 9.17) is 9.47 Å². The highest BCUT2D eigenvalue weighted by atomic mass is 79.9. The van der Waals surface area contributed by atoms with Crippen molar-refractivity contribution in [1.29, 1.82) is 5.26 Å². The van der Waals surface area contributed by atoms with Gasteiger partial charge in [0.1, 0.15) is 12.3 Å². The van der Waals surface area contributed by atoms with Gasteiger partial charge in [0.2, 0.25) is 0 Å². The molecule has 3 aromatic rings. The maximum atomic E-state index is 12.9. The molecule has 3 aromatic carbocycles. The van der Waals surface area contributed by atoms with Crippen LogP contribution in [0.5, 0.6) is 11.5 Å². The van der Waals surface area contributed by atoms with Crippen molar-refractivity contribution in [1.82, 2.24) is 10.2 Å². The number of imide groups is 1. The molecule has 1 fully saturated rings. The molecule has 0 radical (unpaired) electrons. The molecule has 1 heterocycles. The van der Waals surface area contributed by atoms with Crippen molar-refractivity contribution in [3.63, 3.8) is 0 Å². The molecule has 4 rings (SSSR count). The lowest BCUT2D eigenvalue weighted by atomic mass is 10.1. The number of nitrogens with one attached hydrogen (secondary N) is 1. The summed E-state index contributed by atoms with van der Waals surface area (Å²) in [5, 5.41) is 11.9. The number of nitriles is 1. The topological polar surface area (TPSA) is 91.7 Å². The zero-order valence-corrected chi connectivity index (χ0v) is 20.8. The van der Waals surface area contributed by atoms with Gasteiger partial charge in [0.05, 0.1) is 25.3 Å². The predicted octanol–water partition coefficient (Wildman–Crippen LogP) is 5.31. The summed E-state index contributed by atoms with van der Waals surface area (Å²) in [4.78, 5) is 26.6. The van der Waals surface area contributed by atoms with Crippen LogP contribution in [-0.2, 0) is 17.9 Å². The fourth-order valence-electron chi connectivity index (χ4n) is 3.71. The van der Waals surface area contributed by atoms with E-state index in [0.29, 0.717) is 27.1 Å². The summed E-state index contributed by atoms with van der Waals surface area (Å²) in [7, 11) is 1.52. The Bertz CT molecular complexity index is 1380. The monoisotopic (exact) mass is 531 g/mol. The molecule has 0 atom stereocenters. The summed E-state index contributed by atoms with van der Waals surface area (Å²) in [5.41, 5.74) is 4.02. The van der Waals surface area contributed by atoms with E-state index in [-0.39, 0.29) is 18.8 Å². The van der Waals surface area contributed by atoms with Gasteiger partial charge in [-0.05, 0) is 42.3 Å². The van der Waals surface area contributed by atoms with E-state index < -0.39 is 11.9 Å². The van der Waals surface area contributed by atoms with Gasteiger partial charge in [-0.1, -0.05) is 64.0 Å². The van der Waals surface area contributed by atoms with E-state index >= 15 is 0 Å². The van der Waals surface area contributed by atoms with Crippen LogP contribution in [0, 0.1) is 18.3 Å². The summed E-state index contributed by atoms with van der Waals surface area (Å²) in [5.74, 6) is 0.510. The van der Waals surface area contributed by atoms with Crippen LogP contribution in [0.25, 0.3) is 6.08 Å². The Balaban J connectivity index is 1.55. The summed E-state index contributed by atoms with van der Waals surface area (Å²) in [6.07, 6.45) is 1.60. The molecule has 1 aliphatic heterocycles. The number of aryl methyl sites for hydroxylation is 1. The van der Waals surface area contributed by atoms with Crippen molar-refractivity contribution in [3.8, 4) is 17.6 Å². The van der Waals surface area contributed by atoms with Gasteiger partial charge >= 0.3 is 6.03 Å². The molecule has 35 heavy (non-hydrogen) atoms. The van der Waals surface area contributed by atoms with Gasteiger partial charge in [-0.15, -0.1) is 0 Å². The quantitative estimate of drug-likeness (QED) is 0.329. The van der Waals surface area contributed by atoms with Crippen LogP contribution in [0.3, 0.4) is 0 Å². The molecule has 176 valence electrons. The number of nitrogens with zero attached hydrogens (tertiary/aromatic N) is 2. The molecule has 1 N–H and O–H groups in total. The first-order valence-electron chi connectivity index (χ1n) is 10.8. The van der Waals surface area contributed by atoms with Crippen molar-refractivity contribution in [2.24, 2.45) is 0 Å². The van der Waals surface area contributed by atoms with Gasteiger partial charge in [-0.3, -0.25) is 9.69 Å². The SMILES string of the molecule is COc1cc(/C=C2/NC(=O)N(Cc3cccc(C)c3)C2=O)c(Br)cc1OCc1ccccc1C#N. The van der Waals surface area contributed by atoms with Crippen LogP contribution in [0.1, 0.15) is 27.8 Å². The summed E-state index contributed by atoms with van der Waals surface area (Å²) in [6.45, 7) is 2.34. The zero-order valence-electron chi connectivity index (χ0n) is 19.2. The zero-order chi connectivity index (χ0) is 24.9. The lowest BCUT2D eigenvalue weighted by Crippen LogP contribution is -2.30. The van der Waals surface area contributed by atoms with Gasteiger partial charge in [0, 0.05) is 10.0 Å². The van der Waals surface area contributed by atoms with E-state index in [1.165, 1.54) is 12.0 Å². The summed E-state index contributed by atoms with van der Waals surface area (Å²) >= 11 is 3.51. The highest BCUT2D eigenvalue weighted by Gasteiger charge is 2.33. The third-order valence-corrected chi connectivity index (χ3v) is 6.18. The predicted molar refractivity (Wildman–Crippen MR) is 134 cm³/mol. The smallest absolute Gasteiger partial charge is 0.329 e. The van der Waals surface area contributed by atoms with Gasteiger partial charge in [-0.2, -0.15) is 5.26 Å². The van der Waals surface area contributed by atoms with Gasteiger partial charge in [0.25, 0.3) is 5.91 Å². The first kappa shape index (κ1) is 24.0. The first-order valence-corrected chi connectivity index (χ1v) is 11.6. The number of benzene rings is 3. The lowest BCUT2D eigenvalue weighted by Gasteiger charge is -2.14. The van der Waals surface area contributed by atoms with Crippen molar-refractivity contribution in [2.75, 3.05) is 7.11 Å². The van der Waals surface area contributed by atoms with Gasteiger partial charge in [-0.25, -0.2) is 4.79 Å². The fraction of sp³-hybridized carbons (Fsp3) is 0.148. The molecule has 8 heteroatoms. The van der Waals surface area contributed by atoms with E-state index in [0.717, 1.165) is 16.7 Å². The number of methoxy groups -OCH3 is 1. The summed E-state index contributed by atoms with van der Waals surface area (Å²) in [6, 6.07) is 20.0. The number of carbonyl (C=O) groups excluding carboxylic acids is 2. The van der Waals surface area contributed by atoms with E-state index in [1.54, 1.807) is 30.3 Å². The molecule has 1 saturated heterocycles.